The molecule has 0 saturated carbocycles. The first-order valence-corrected chi connectivity index (χ1v) is 5.85. The summed E-state index contributed by atoms with van der Waals surface area (Å²) in [4.78, 5) is 2.59. The van der Waals surface area contributed by atoms with E-state index in [4.69, 9.17) is 11.3 Å². The molecule has 4 N–H and O–H groups in total. The van der Waals surface area contributed by atoms with Crippen LogP contribution in [0, 0.1) is 0 Å². The van der Waals surface area contributed by atoms with E-state index < -0.39 is 12.2 Å². The van der Waals surface area contributed by atoms with Crippen molar-refractivity contribution < 1.29 is 10.2 Å². The summed E-state index contributed by atoms with van der Waals surface area (Å²) in [6.07, 6.45) is -1.04. The highest BCUT2D eigenvalue weighted by molar-refractivity contribution is 5.50. The van der Waals surface area contributed by atoms with Gasteiger partial charge in [-0.2, -0.15) is 0 Å². The molecular formula is C12H18N4O2. The van der Waals surface area contributed by atoms with Crippen molar-refractivity contribution in [3.63, 3.8) is 0 Å². The number of aliphatic hydroxyl groups is 2. The van der Waals surface area contributed by atoms with Crippen molar-refractivity contribution in [1.29, 1.82) is 0 Å². The topological polar surface area (TPSA) is 115 Å². The number of aryl methyl sites for hydroxylation is 1. The largest absolute Gasteiger partial charge is 0.398 e. The van der Waals surface area contributed by atoms with E-state index in [2.05, 4.69) is 10.0 Å². The molecule has 0 aliphatic heterocycles. The van der Waals surface area contributed by atoms with Gasteiger partial charge in [-0.3, -0.25) is 0 Å². The highest BCUT2D eigenvalue weighted by Crippen LogP contribution is 2.26. The van der Waals surface area contributed by atoms with Gasteiger partial charge in [0.25, 0.3) is 0 Å². The van der Waals surface area contributed by atoms with E-state index in [0.717, 1.165) is 12.0 Å². The Morgan fingerprint density at radius 3 is 2.78 bits per heavy atom. The van der Waals surface area contributed by atoms with Crippen LogP contribution in [0.2, 0.25) is 0 Å². The average molecular weight is 250 g/mol. The molecule has 6 heteroatoms. The summed E-state index contributed by atoms with van der Waals surface area (Å²) in [7, 11) is 0. The molecule has 0 heterocycles. The Bertz CT molecular complexity index is 444. The van der Waals surface area contributed by atoms with Crippen LogP contribution in [0.1, 0.15) is 30.6 Å². The molecule has 0 aromatic heterocycles. The fourth-order valence-corrected chi connectivity index (χ4v) is 1.70. The van der Waals surface area contributed by atoms with Crippen molar-refractivity contribution in [2.24, 2.45) is 5.11 Å². The number of nitrogen functional groups attached to an aromatic ring is 1. The Balaban J connectivity index is 2.81. The van der Waals surface area contributed by atoms with Gasteiger partial charge < -0.3 is 15.9 Å². The van der Waals surface area contributed by atoms with Gasteiger partial charge in [-0.25, -0.2) is 0 Å². The summed E-state index contributed by atoms with van der Waals surface area (Å²) < 4.78 is 0. The molecule has 0 radical (unpaired) electrons. The summed E-state index contributed by atoms with van der Waals surface area (Å²) in [6.45, 7) is 2.14. The molecule has 2 unspecified atom stereocenters. The lowest BCUT2D eigenvalue weighted by atomic mass is 9.97. The molecule has 0 spiro atoms. The predicted octanol–water partition coefficient (Wildman–Crippen LogP) is 1.93. The number of aliphatic hydroxyl groups excluding tert-OH is 2. The lowest BCUT2D eigenvalue weighted by Crippen LogP contribution is -2.20. The monoisotopic (exact) mass is 250 g/mol. The van der Waals surface area contributed by atoms with Crippen LogP contribution in [0.5, 0.6) is 0 Å². The fraction of sp³-hybridized carbons (Fsp3) is 0.500. The maximum absolute atomic E-state index is 10.0. The van der Waals surface area contributed by atoms with Crippen LogP contribution >= 0.6 is 0 Å². The molecule has 0 amide bonds. The first-order valence-electron chi connectivity index (χ1n) is 5.85. The van der Waals surface area contributed by atoms with Crippen LogP contribution in [0.4, 0.5) is 5.69 Å². The lowest BCUT2D eigenvalue weighted by molar-refractivity contribution is 0.0154. The van der Waals surface area contributed by atoms with Crippen molar-refractivity contribution in [2.45, 2.75) is 32.0 Å². The minimum Gasteiger partial charge on any atom is -0.398 e. The Morgan fingerprint density at radius 1 is 1.44 bits per heavy atom. The number of benzene rings is 1. The highest BCUT2D eigenvalue weighted by Gasteiger charge is 2.20. The van der Waals surface area contributed by atoms with Crippen LogP contribution < -0.4 is 5.73 Å². The third kappa shape index (κ3) is 3.63. The van der Waals surface area contributed by atoms with Gasteiger partial charge in [-0.05, 0) is 30.0 Å². The number of hydrogen-bond acceptors (Lipinski definition) is 4. The van der Waals surface area contributed by atoms with Crippen molar-refractivity contribution in [2.75, 3.05) is 12.3 Å². The second kappa shape index (κ2) is 6.86. The van der Waals surface area contributed by atoms with E-state index in [1.54, 1.807) is 12.1 Å². The zero-order valence-corrected chi connectivity index (χ0v) is 10.3. The third-order valence-corrected chi connectivity index (χ3v) is 2.83. The molecule has 0 bridgehead atoms. The van der Waals surface area contributed by atoms with Gasteiger partial charge in [0, 0.05) is 22.7 Å². The molecule has 1 rings (SSSR count). The molecule has 98 valence electrons. The summed E-state index contributed by atoms with van der Waals surface area (Å²) in [5.41, 5.74) is 15.9. The summed E-state index contributed by atoms with van der Waals surface area (Å²) in [5, 5.41) is 23.1. The van der Waals surface area contributed by atoms with Gasteiger partial charge in [0.1, 0.15) is 6.10 Å². The number of nitrogens with two attached hydrogens (primary N) is 1. The molecule has 1 aromatic rings. The highest BCUT2D eigenvalue weighted by atomic mass is 16.3. The summed E-state index contributed by atoms with van der Waals surface area (Å²) in [6, 6.07) is 5.40. The number of nitrogens with zero attached hydrogens (tertiary/aromatic N) is 3. The van der Waals surface area contributed by atoms with Gasteiger partial charge in [0.05, 0.1) is 6.10 Å². The van der Waals surface area contributed by atoms with Crippen LogP contribution in [-0.4, -0.2) is 22.9 Å². The second-order valence-corrected chi connectivity index (χ2v) is 4.07. The first-order chi connectivity index (χ1) is 8.60. The smallest absolute Gasteiger partial charge is 0.107 e. The number of hydrogen-bond donors (Lipinski definition) is 3. The Morgan fingerprint density at radius 2 is 2.17 bits per heavy atom. The average Bonchev–Trinajstić information content (AvgIpc) is 2.38. The van der Waals surface area contributed by atoms with E-state index in [1.165, 1.54) is 0 Å². The van der Waals surface area contributed by atoms with E-state index in [-0.39, 0.29) is 13.0 Å². The normalized spacial score (nSPS) is 13.7. The SMILES string of the molecule is CCc1ccc(N)c(C(O)C(O)CCN=[N+]=[N-])c1. The lowest BCUT2D eigenvalue weighted by Gasteiger charge is -2.19. The molecule has 18 heavy (non-hydrogen) atoms. The summed E-state index contributed by atoms with van der Waals surface area (Å²) in [5.74, 6) is 0. The van der Waals surface area contributed by atoms with Crippen LogP contribution in [0.25, 0.3) is 10.4 Å². The van der Waals surface area contributed by atoms with Crippen LogP contribution in [-0.2, 0) is 6.42 Å². The van der Waals surface area contributed by atoms with E-state index in [1.807, 2.05) is 13.0 Å². The predicted molar refractivity (Wildman–Crippen MR) is 69.8 cm³/mol. The van der Waals surface area contributed by atoms with Crippen LogP contribution in [0.15, 0.2) is 23.3 Å². The van der Waals surface area contributed by atoms with Gasteiger partial charge in [0.15, 0.2) is 0 Å². The third-order valence-electron chi connectivity index (χ3n) is 2.83. The van der Waals surface area contributed by atoms with Crippen molar-refractivity contribution in [3.05, 3.63) is 39.8 Å². The zero-order chi connectivity index (χ0) is 13.5. The van der Waals surface area contributed by atoms with Gasteiger partial charge in [-0.15, -0.1) is 0 Å². The molecule has 2 atom stereocenters. The maximum Gasteiger partial charge on any atom is 0.107 e. The van der Waals surface area contributed by atoms with Crippen LogP contribution in [0.3, 0.4) is 0 Å². The standard InChI is InChI=1S/C12H18N4O2/c1-2-8-3-4-10(13)9(7-8)12(18)11(17)5-6-15-16-14/h3-4,7,11-12,17-18H,2,5-6,13H2,1H3. The number of azide groups is 1. The van der Waals surface area contributed by atoms with E-state index in [0.29, 0.717) is 11.3 Å². The quantitative estimate of drug-likeness (QED) is 0.310. The number of rotatable bonds is 6. The first kappa shape index (κ1) is 14.3. The minimum absolute atomic E-state index is 0.141. The maximum atomic E-state index is 10.0. The van der Waals surface area contributed by atoms with Gasteiger partial charge in [-0.1, -0.05) is 24.2 Å². The second-order valence-electron chi connectivity index (χ2n) is 4.07. The Labute approximate surface area is 106 Å². The van der Waals surface area contributed by atoms with Crippen molar-refractivity contribution >= 4 is 5.69 Å². The molecular weight excluding hydrogens is 232 g/mol. The molecule has 0 aliphatic rings. The van der Waals surface area contributed by atoms with Gasteiger partial charge in [0.2, 0.25) is 0 Å². The van der Waals surface area contributed by atoms with E-state index >= 15 is 0 Å². The minimum atomic E-state index is -1.06. The molecule has 1 aromatic carbocycles. The summed E-state index contributed by atoms with van der Waals surface area (Å²) >= 11 is 0. The molecule has 0 fully saturated rings. The zero-order valence-electron chi connectivity index (χ0n) is 10.3. The molecule has 6 nitrogen and oxygen atoms in total. The Kier molecular flexibility index (Phi) is 5.45. The number of anilines is 1. The molecule has 0 aliphatic carbocycles. The molecule has 0 saturated heterocycles. The van der Waals surface area contributed by atoms with Crippen molar-refractivity contribution in [3.8, 4) is 0 Å². The fourth-order valence-electron chi connectivity index (χ4n) is 1.70. The van der Waals surface area contributed by atoms with Crippen molar-refractivity contribution in [1.82, 2.24) is 0 Å². The Hall–Kier alpha value is -1.75. The van der Waals surface area contributed by atoms with Gasteiger partial charge >= 0.3 is 0 Å². The van der Waals surface area contributed by atoms with E-state index in [9.17, 15) is 10.2 Å².